The first-order chi connectivity index (χ1) is 11.3. The summed E-state index contributed by atoms with van der Waals surface area (Å²) in [5.74, 6) is 0.334. The van der Waals surface area contributed by atoms with E-state index in [1.165, 1.54) is 0 Å². The molecular weight excluding hydrogens is 338 g/mol. The summed E-state index contributed by atoms with van der Waals surface area (Å²) in [6.45, 7) is 4.25. The summed E-state index contributed by atoms with van der Waals surface area (Å²) in [6.07, 6.45) is 1.91. The van der Waals surface area contributed by atoms with E-state index in [4.69, 9.17) is 10.5 Å². The van der Waals surface area contributed by atoms with Crippen LogP contribution in [0, 0.1) is 11.3 Å². The highest BCUT2D eigenvalue weighted by molar-refractivity contribution is 6.08. The fraction of sp³-hybridized carbons (Fsp3) is 0.333. The summed E-state index contributed by atoms with van der Waals surface area (Å²) in [5, 5.41) is 15.9. The minimum atomic E-state index is -0.441. The van der Waals surface area contributed by atoms with Crippen LogP contribution < -0.4 is 15.6 Å². The molecule has 7 heteroatoms. The van der Waals surface area contributed by atoms with Crippen LogP contribution in [0.2, 0.25) is 0 Å². The third-order valence-corrected chi connectivity index (χ3v) is 4.06. The first kappa shape index (κ1) is 18.8. The fourth-order valence-corrected chi connectivity index (χ4v) is 2.74. The van der Waals surface area contributed by atoms with E-state index in [1.54, 1.807) is 5.01 Å². The lowest BCUT2D eigenvalue weighted by Crippen LogP contribution is -2.39. The average Bonchev–Trinajstić information content (AvgIpc) is 2.54. The molecule has 0 atom stereocenters. The molecule has 25 heavy (non-hydrogen) atoms. The van der Waals surface area contributed by atoms with Gasteiger partial charge < -0.3 is 15.4 Å². The number of hydrazone groups is 1. The van der Waals surface area contributed by atoms with E-state index in [-0.39, 0.29) is 12.4 Å². The van der Waals surface area contributed by atoms with E-state index in [9.17, 15) is 5.26 Å². The summed E-state index contributed by atoms with van der Waals surface area (Å²) in [6, 6.07) is 10.1. The van der Waals surface area contributed by atoms with Crippen molar-refractivity contribution in [2.24, 2.45) is 10.8 Å². The lowest BCUT2D eigenvalue weighted by Gasteiger charge is -2.34. The highest BCUT2D eigenvalue weighted by Gasteiger charge is 2.33. The van der Waals surface area contributed by atoms with E-state index in [0.717, 1.165) is 22.7 Å². The van der Waals surface area contributed by atoms with Gasteiger partial charge in [0.1, 0.15) is 17.5 Å². The number of nitrogens with two attached hydrogens (primary N) is 1. The third kappa shape index (κ3) is 3.48. The van der Waals surface area contributed by atoms with Crippen molar-refractivity contribution in [3.05, 3.63) is 47.3 Å². The number of rotatable bonds is 2. The van der Waals surface area contributed by atoms with Crippen LogP contribution in [0.3, 0.4) is 0 Å². The Morgan fingerprint density at radius 3 is 2.72 bits per heavy atom. The summed E-state index contributed by atoms with van der Waals surface area (Å²) >= 11 is 0. The van der Waals surface area contributed by atoms with Crippen LogP contribution in [0.15, 0.2) is 52.4 Å². The van der Waals surface area contributed by atoms with Gasteiger partial charge in [0, 0.05) is 25.4 Å². The molecule has 2 N–H and O–H groups in total. The van der Waals surface area contributed by atoms with Gasteiger partial charge in [-0.2, -0.15) is 10.4 Å². The maximum absolute atomic E-state index is 9.62. The topological polar surface area (TPSA) is 77.9 Å². The Morgan fingerprint density at radius 1 is 1.36 bits per heavy atom. The Kier molecular flexibility index (Phi) is 5.12. The van der Waals surface area contributed by atoms with Crippen molar-refractivity contribution in [2.45, 2.75) is 19.4 Å². The minimum Gasteiger partial charge on any atom is -0.383 e. The molecular formula is C18H22ClN5O. The predicted octanol–water partition coefficient (Wildman–Crippen LogP) is 2.78. The van der Waals surface area contributed by atoms with E-state index < -0.39 is 5.60 Å². The van der Waals surface area contributed by atoms with Crippen LogP contribution in [-0.2, 0) is 4.74 Å². The number of fused-ring (bicyclic) bond motifs is 1. The molecule has 0 radical (unpaired) electrons. The SMILES string of the molecule is CN(C)c1cccc(N2N=C3COC(C)(C)C=C3C(C#N)=C2N)c1.Cl. The molecule has 0 aromatic heterocycles. The Morgan fingerprint density at radius 2 is 2.08 bits per heavy atom. The van der Waals surface area contributed by atoms with Crippen molar-refractivity contribution in [1.82, 2.24) is 0 Å². The monoisotopic (exact) mass is 359 g/mol. The van der Waals surface area contributed by atoms with Gasteiger partial charge in [-0.15, -0.1) is 12.4 Å². The standard InChI is InChI=1S/C18H21N5O.ClH/c1-18(2)9-14-15(10-19)17(20)23(21-16(14)11-24-18)13-7-5-6-12(8-13)22(3)4;/h5-9H,11,20H2,1-4H3;1H. The number of nitrogens with zero attached hydrogens (tertiary/aromatic N) is 4. The zero-order valence-corrected chi connectivity index (χ0v) is 15.6. The second kappa shape index (κ2) is 6.79. The van der Waals surface area contributed by atoms with Gasteiger partial charge in [-0.1, -0.05) is 6.07 Å². The third-order valence-electron chi connectivity index (χ3n) is 4.06. The normalized spacial score (nSPS) is 18.4. The lowest BCUT2D eigenvalue weighted by atomic mass is 9.92. The molecule has 6 nitrogen and oxygen atoms in total. The molecule has 0 saturated carbocycles. The van der Waals surface area contributed by atoms with Gasteiger partial charge in [-0.05, 0) is 38.1 Å². The predicted molar refractivity (Wildman–Crippen MR) is 103 cm³/mol. The first-order valence-corrected chi connectivity index (χ1v) is 7.75. The number of ether oxygens (including phenoxy) is 1. The van der Waals surface area contributed by atoms with Gasteiger partial charge >= 0.3 is 0 Å². The molecule has 1 aromatic carbocycles. The number of benzene rings is 1. The van der Waals surface area contributed by atoms with Crippen LogP contribution in [0.5, 0.6) is 0 Å². The van der Waals surface area contributed by atoms with E-state index in [2.05, 4.69) is 11.2 Å². The summed E-state index contributed by atoms with van der Waals surface area (Å²) in [4.78, 5) is 2.00. The molecule has 0 aliphatic carbocycles. The molecule has 132 valence electrons. The molecule has 0 unspecified atom stereocenters. The molecule has 2 heterocycles. The van der Waals surface area contributed by atoms with E-state index in [1.807, 2.05) is 63.2 Å². The number of nitriles is 1. The van der Waals surface area contributed by atoms with E-state index >= 15 is 0 Å². The number of anilines is 2. The molecule has 0 fully saturated rings. The van der Waals surface area contributed by atoms with Crippen molar-refractivity contribution in [3.8, 4) is 6.07 Å². The van der Waals surface area contributed by atoms with Crippen molar-refractivity contribution >= 4 is 29.5 Å². The highest BCUT2D eigenvalue weighted by Crippen LogP contribution is 2.33. The second-order valence-corrected chi connectivity index (χ2v) is 6.59. The van der Waals surface area contributed by atoms with Crippen molar-refractivity contribution in [1.29, 1.82) is 5.26 Å². The van der Waals surface area contributed by atoms with Gasteiger partial charge in [-0.3, -0.25) is 0 Å². The maximum atomic E-state index is 9.62. The van der Waals surface area contributed by atoms with E-state index in [0.29, 0.717) is 18.0 Å². The Bertz CT molecular complexity index is 817. The molecule has 0 bridgehead atoms. The molecule has 0 saturated heterocycles. The Labute approximate surface area is 154 Å². The van der Waals surface area contributed by atoms with Crippen LogP contribution >= 0.6 is 12.4 Å². The van der Waals surface area contributed by atoms with Crippen molar-refractivity contribution in [2.75, 3.05) is 30.6 Å². The van der Waals surface area contributed by atoms with Gasteiger partial charge in [0.2, 0.25) is 0 Å². The number of halogens is 1. The van der Waals surface area contributed by atoms with Crippen LogP contribution in [0.25, 0.3) is 0 Å². The highest BCUT2D eigenvalue weighted by atomic mass is 35.5. The van der Waals surface area contributed by atoms with Crippen molar-refractivity contribution < 1.29 is 4.74 Å². The number of allylic oxidation sites excluding steroid dienone is 1. The van der Waals surface area contributed by atoms with Crippen molar-refractivity contribution in [3.63, 3.8) is 0 Å². The first-order valence-electron chi connectivity index (χ1n) is 7.75. The van der Waals surface area contributed by atoms with Gasteiger partial charge in [0.15, 0.2) is 0 Å². The quantitative estimate of drug-likeness (QED) is 0.878. The summed E-state index contributed by atoms with van der Waals surface area (Å²) in [7, 11) is 3.94. The zero-order valence-electron chi connectivity index (χ0n) is 14.8. The molecule has 1 aromatic rings. The Balaban J connectivity index is 0.00000225. The Hall–Kier alpha value is -2.49. The summed E-state index contributed by atoms with van der Waals surface area (Å²) < 4.78 is 5.79. The number of hydrogen-bond acceptors (Lipinski definition) is 6. The average molecular weight is 360 g/mol. The lowest BCUT2D eigenvalue weighted by molar-refractivity contribution is 0.0409. The van der Waals surface area contributed by atoms with Crippen LogP contribution in [-0.4, -0.2) is 32.0 Å². The van der Waals surface area contributed by atoms with Gasteiger partial charge in [0.05, 0.1) is 23.6 Å². The largest absolute Gasteiger partial charge is 0.383 e. The molecule has 3 rings (SSSR count). The molecule has 2 aliphatic rings. The second-order valence-electron chi connectivity index (χ2n) is 6.59. The molecule has 0 spiro atoms. The fourth-order valence-electron chi connectivity index (χ4n) is 2.74. The zero-order chi connectivity index (χ0) is 17.5. The van der Waals surface area contributed by atoms with Crippen LogP contribution in [0.4, 0.5) is 11.4 Å². The maximum Gasteiger partial charge on any atom is 0.144 e. The van der Waals surface area contributed by atoms with Gasteiger partial charge in [-0.25, -0.2) is 5.01 Å². The molecule has 2 aliphatic heterocycles. The molecule has 0 amide bonds. The summed E-state index contributed by atoms with van der Waals surface area (Å²) in [5.41, 5.74) is 9.59. The van der Waals surface area contributed by atoms with Crippen LogP contribution in [0.1, 0.15) is 13.8 Å². The minimum absolute atomic E-state index is 0. The number of hydrogen-bond donors (Lipinski definition) is 1. The van der Waals surface area contributed by atoms with Gasteiger partial charge in [0.25, 0.3) is 0 Å². The smallest absolute Gasteiger partial charge is 0.144 e.